The van der Waals surface area contributed by atoms with E-state index in [9.17, 15) is 0 Å². The Bertz CT molecular complexity index is 1070. The number of hydrogen-bond acceptors (Lipinski definition) is 3. The Morgan fingerprint density at radius 3 is 2.77 bits per heavy atom. The fourth-order valence-electron chi connectivity index (χ4n) is 4.68. The Balaban J connectivity index is 1.57. The molecular formula is C25H28N4OS. The molecule has 3 unspecified atom stereocenters. The van der Waals surface area contributed by atoms with Gasteiger partial charge in [0.25, 0.3) is 0 Å². The minimum atomic E-state index is -0.0182. The summed E-state index contributed by atoms with van der Waals surface area (Å²) in [6.07, 6.45) is 6.40. The lowest BCUT2D eigenvalue weighted by Gasteiger charge is -2.30. The highest BCUT2D eigenvalue weighted by Crippen LogP contribution is 2.40. The molecule has 3 aromatic rings. The molecule has 0 aliphatic carbocycles. The van der Waals surface area contributed by atoms with Crippen LogP contribution in [0.4, 0.5) is 0 Å². The third-order valence-corrected chi connectivity index (χ3v) is 6.83. The predicted octanol–water partition coefficient (Wildman–Crippen LogP) is 4.64. The zero-order chi connectivity index (χ0) is 21.4. The standard InChI is InChI=1S/C25H28N4OS/c1-17-10-11-19(15-18(17)2)28-13-5-9-22(28)24-23(21-8-3-4-12-26-21)27-25(31)29(24)16-20-7-6-14-30-20/h3-5,8-13,15,20,23-24H,6-7,14,16H2,1-2H3,(H,27,31). The highest BCUT2D eigenvalue weighted by molar-refractivity contribution is 7.80. The van der Waals surface area contributed by atoms with E-state index in [2.05, 4.69) is 76.2 Å². The molecule has 160 valence electrons. The van der Waals surface area contributed by atoms with Crippen LogP contribution in [-0.2, 0) is 4.74 Å². The van der Waals surface area contributed by atoms with Crippen molar-refractivity contribution >= 4 is 17.3 Å². The van der Waals surface area contributed by atoms with Gasteiger partial charge in [-0.15, -0.1) is 0 Å². The van der Waals surface area contributed by atoms with Crippen LogP contribution in [0.25, 0.3) is 5.69 Å². The van der Waals surface area contributed by atoms with Gasteiger partial charge in [-0.2, -0.15) is 0 Å². The molecule has 2 aliphatic rings. The third kappa shape index (κ3) is 3.86. The van der Waals surface area contributed by atoms with Gasteiger partial charge < -0.3 is 19.5 Å². The van der Waals surface area contributed by atoms with Crippen molar-refractivity contribution in [3.63, 3.8) is 0 Å². The lowest BCUT2D eigenvalue weighted by molar-refractivity contribution is 0.0836. The first-order chi connectivity index (χ1) is 15.1. The molecule has 0 saturated carbocycles. The average molecular weight is 433 g/mol. The van der Waals surface area contributed by atoms with E-state index in [1.807, 2.05) is 18.3 Å². The molecule has 2 aliphatic heterocycles. The molecule has 4 heterocycles. The zero-order valence-electron chi connectivity index (χ0n) is 18.0. The normalized spacial score (nSPS) is 23.4. The van der Waals surface area contributed by atoms with E-state index >= 15 is 0 Å². The predicted molar refractivity (Wildman–Crippen MR) is 126 cm³/mol. The fourth-order valence-corrected chi connectivity index (χ4v) is 4.99. The molecule has 0 bridgehead atoms. The van der Waals surface area contributed by atoms with Gasteiger partial charge in [0.1, 0.15) is 0 Å². The van der Waals surface area contributed by atoms with E-state index in [0.717, 1.165) is 42.5 Å². The number of aryl methyl sites for hydroxylation is 2. The molecule has 5 nitrogen and oxygen atoms in total. The molecule has 1 N–H and O–H groups in total. The first-order valence-corrected chi connectivity index (χ1v) is 11.4. The Labute approximate surface area is 189 Å². The van der Waals surface area contributed by atoms with E-state index in [-0.39, 0.29) is 18.2 Å². The number of ether oxygens (including phenoxy) is 1. The second kappa shape index (κ2) is 8.44. The summed E-state index contributed by atoms with van der Waals surface area (Å²) < 4.78 is 8.25. The van der Waals surface area contributed by atoms with Crippen molar-refractivity contribution < 1.29 is 4.74 Å². The van der Waals surface area contributed by atoms with E-state index < -0.39 is 0 Å². The van der Waals surface area contributed by atoms with Crippen LogP contribution in [0.1, 0.15) is 47.4 Å². The molecule has 2 saturated heterocycles. The molecule has 0 spiro atoms. The first-order valence-electron chi connectivity index (χ1n) is 11.0. The summed E-state index contributed by atoms with van der Waals surface area (Å²) in [6.45, 7) is 5.94. The molecule has 6 heteroatoms. The first kappa shape index (κ1) is 20.2. The summed E-state index contributed by atoms with van der Waals surface area (Å²) in [7, 11) is 0. The topological polar surface area (TPSA) is 42.3 Å². The van der Waals surface area contributed by atoms with E-state index in [0.29, 0.717) is 0 Å². The molecule has 2 aromatic heterocycles. The number of thiocarbonyl (C=S) groups is 1. The van der Waals surface area contributed by atoms with Crippen LogP contribution in [0.5, 0.6) is 0 Å². The van der Waals surface area contributed by atoms with Crippen molar-refractivity contribution in [3.8, 4) is 5.69 Å². The Hall–Kier alpha value is -2.70. The number of hydrogen-bond donors (Lipinski definition) is 1. The zero-order valence-corrected chi connectivity index (χ0v) is 18.8. The van der Waals surface area contributed by atoms with Crippen LogP contribution in [0.15, 0.2) is 60.9 Å². The molecule has 0 radical (unpaired) electrons. The number of nitrogens with one attached hydrogen (secondary N) is 1. The summed E-state index contributed by atoms with van der Waals surface area (Å²) in [5.74, 6) is 0. The number of pyridine rings is 1. The largest absolute Gasteiger partial charge is 0.376 e. The second-order valence-electron chi connectivity index (χ2n) is 8.49. The monoisotopic (exact) mass is 432 g/mol. The van der Waals surface area contributed by atoms with Crippen LogP contribution in [0, 0.1) is 13.8 Å². The third-order valence-electron chi connectivity index (χ3n) is 6.47. The summed E-state index contributed by atoms with van der Waals surface area (Å²) >= 11 is 5.82. The Morgan fingerprint density at radius 2 is 2.03 bits per heavy atom. The van der Waals surface area contributed by atoms with Gasteiger partial charge in [0.2, 0.25) is 0 Å². The van der Waals surface area contributed by atoms with Gasteiger partial charge in [-0.3, -0.25) is 4.98 Å². The lowest BCUT2D eigenvalue weighted by atomic mass is 10.0. The van der Waals surface area contributed by atoms with Crippen molar-refractivity contribution in [2.45, 2.75) is 44.9 Å². The Morgan fingerprint density at radius 1 is 1.13 bits per heavy atom. The minimum Gasteiger partial charge on any atom is -0.376 e. The van der Waals surface area contributed by atoms with Gasteiger partial charge in [-0.05, 0) is 86.4 Å². The summed E-state index contributed by atoms with van der Waals surface area (Å²) in [5.41, 5.74) is 5.95. The lowest BCUT2D eigenvalue weighted by Crippen LogP contribution is -2.36. The second-order valence-corrected chi connectivity index (χ2v) is 8.87. The van der Waals surface area contributed by atoms with Crippen LogP contribution in [-0.4, -0.2) is 38.8 Å². The van der Waals surface area contributed by atoms with Crippen LogP contribution in [0.3, 0.4) is 0 Å². The molecular weight excluding hydrogens is 404 g/mol. The van der Waals surface area contributed by atoms with Crippen LogP contribution in [0.2, 0.25) is 0 Å². The molecule has 0 amide bonds. The molecule has 5 rings (SSSR count). The maximum absolute atomic E-state index is 5.96. The van der Waals surface area contributed by atoms with Crippen LogP contribution < -0.4 is 5.32 Å². The highest BCUT2D eigenvalue weighted by atomic mass is 32.1. The number of nitrogens with zero attached hydrogens (tertiary/aromatic N) is 3. The molecule has 2 fully saturated rings. The molecule has 31 heavy (non-hydrogen) atoms. The summed E-state index contributed by atoms with van der Waals surface area (Å²) in [4.78, 5) is 6.96. The molecule has 3 atom stereocenters. The van der Waals surface area contributed by atoms with Crippen LogP contribution >= 0.6 is 12.2 Å². The van der Waals surface area contributed by atoms with Gasteiger partial charge in [-0.25, -0.2) is 0 Å². The maximum atomic E-state index is 5.96. The minimum absolute atomic E-state index is 0.0182. The van der Waals surface area contributed by atoms with Gasteiger partial charge in [0, 0.05) is 36.9 Å². The van der Waals surface area contributed by atoms with Gasteiger partial charge in [0.05, 0.1) is 23.9 Å². The number of aromatic nitrogens is 2. The van der Waals surface area contributed by atoms with Gasteiger partial charge >= 0.3 is 0 Å². The number of rotatable bonds is 5. The molecule has 1 aromatic carbocycles. The van der Waals surface area contributed by atoms with E-state index in [1.54, 1.807) is 0 Å². The van der Waals surface area contributed by atoms with E-state index in [1.165, 1.54) is 16.8 Å². The smallest absolute Gasteiger partial charge is 0.170 e. The van der Waals surface area contributed by atoms with Crippen molar-refractivity contribution in [2.75, 3.05) is 13.2 Å². The maximum Gasteiger partial charge on any atom is 0.170 e. The SMILES string of the molecule is Cc1ccc(-n2cccc2C2C(c3ccccn3)NC(=S)N2CC2CCCO2)cc1C. The highest BCUT2D eigenvalue weighted by Gasteiger charge is 2.42. The van der Waals surface area contributed by atoms with Gasteiger partial charge in [-0.1, -0.05) is 12.1 Å². The summed E-state index contributed by atoms with van der Waals surface area (Å²) in [6, 6.07) is 17.0. The Kier molecular flexibility index (Phi) is 5.50. The fraction of sp³-hybridized carbons (Fsp3) is 0.360. The quantitative estimate of drug-likeness (QED) is 0.595. The van der Waals surface area contributed by atoms with Crippen molar-refractivity contribution in [1.29, 1.82) is 0 Å². The van der Waals surface area contributed by atoms with Crippen molar-refractivity contribution in [3.05, 3.63) is 83.4 Å². The van der Waals surface area contributed by atoms with Crippen molar-refractivity contribution in [1.82, 2.24) is 19.8 Å². The van der Waals surface area contributed by atoms with E-state index in [4.69, 9.17) is 17.0 Å². The summed E-state index contributed by atoms with van der Waals surface area (Å²) in [5, 5.41) is 4.33. The van der Waals surface area contributed by atoms with Crippen molar-refractivity contribution in [2.24, 2.45) is 0 Å². The average Bonchev–Trinajstić information content (AvgIpc) is 3.52. The van der Waals surface area contributed by atoms with Gasteiger partial charge in [0.15, 0.2) is 5.11 Å². The number of benzene rings is 1.